The number of aliphatic carboxylic acids is 1. The van der Waals surface area contributed by atoms with Crippen molar-refractivity contribution in [2.24, 2.45) is 0 Å². The molecule has 0 heterocycles. The van der Waals surface area contributed by atoms with Crippen molar-refractivity contribution in [1.82, 2.24) is 0 Å². The molecule has 0 bridgehead atoms. The van der Waals surface area contributed by atoms with Crippen molar-refractivity contribution in [1.29, 1.82) is 0 Å². The second-order valence-electron chi connectivity index (χ2n) is 19.5. The van der Waals surface area contributed by atoms with Gasteiger partial charge in [-0.2, -0.15) is 0 Å². The number of quaternary nitrogens is 1. The summed E-state index contributed by atoms with van der Waals surface area (Å²) in [5.41, 5.74) is 0. The maximum absolute atomic E-state index is 12.8. The third-order valence-corrected chi connectivity index (χ3v) is 12.1. The lowest BCUT2D eigenvalue weighted by Crippen LogP contribution is -2.50. The second kappa shape index (κ2) is 49.2. The third kappa shape index (κ3) is 47.6. The summed E-state index contributed by atoms with van der Waals surface area (Å²) in [6, 6.07) is -0.622. The van der Waals surface area contributed by atoms with Gasteiger partial charge in [0.2, 0.25) is 0 Å². The topological polar surface area (TPSA) is 99.1 Å². The Morgan fingerprint density at radius 3 is 1.24 bits per heavy atom. The predicted molar refractivity (Wildman–Crippen MR) is 284 cm³/mol. The third-order valence-electron chi connectivity index (χ3n) is 12.1. The quantitative estimate of drug-likeness (QED) is 0.0281. The maximum atomic E-state index is 12.8. The molecule has 0 aromatic carbocycles. The van der Waals surface area contributed by atoms with Gasteiger partial charge < -0.3 is 23.8 Å². The molecular formula is C59H104NO7+. The zero-order valence-corrected chi connectivity index (χ0v) is 44.1. The molecule has 2 atom stereocenters. The van der Waals surface area contributed by atoms with Crippen molar-refractivity contribution in [3.8, 4) is 0 Å². The molecule has 0 aliphatic rings. The summed E-state index contributed by atoms with van der Waals surface area (Å²) in [6.45, 7) is 4.62. The number of carbonyl (C=O) groups excluding carboxylic acids is 2. The van der Waals surface area contributed by atoms with E-state index in [0.29, 0.717) is 19.3 Å². The van der Waals surface area contributed by atoms with Gasteiger partial charge in [0, 0.05) is 19.3 Å². The van der Waals surface area contributed by atoms with Crippen LogP contribution in [0.2, 0.25) is 0 Å². The van der Waals surface area contributed by atoms with Crippen molar-refractivity contribution >= 4 is 17.9 Å². The molecular weight excluding hydrogens is 835 g/mol. The van der Waals surface area contributed by atoms with Gasteiger partial charge >= 0.3 is 17.9 Å². The second-order valence-corrected chi connectivity index (χ2v) is 19.5. The maximum Gasteiger partial charge on any atom is 0.362 e. The van der Waals surface area contributed by atoms with E-state index < -0.39 is 18.1 Å². The van der Waals surface area contributed by atoms with Crippen LogP contribution < -0.4 is 0 Å². The van der Waals surface area contributed by atoms with E-state index in [1.807, 2.05) is 21.1 Å². The Hall–Kier alpha value is -3.23. The molecule has 0 aliphatic heterocycles. The first-order valence-electron chi connectivity index (χ1n) is 27.5. The van der Waals surface area contributed by atoms with Gasteiger partial charge in [-0.05, 0) is 83.5 Å². The molecule has 0 rings (SSSR count). The number of carboxylic acid groups (broad SMARTS) is 1. The van der Waals surface area contributed by atoms with Gasteiger partial charge in [-0.15, -0.1) is 0 Å². The largest absolute Gasteiger partial charge is 0.477 e. The lowest BCUT2D eigenvalue weighted by Gasteiger charge is -2.31. The number of rotatable bonds is 49. The van der Waals surface area contributed by atoms with Gasteiger partial charge in [0.1, 0.15) is 6.61 Å². The summed E-state index contributed by atoms with van der Waals surface area (Å²) in [6.07, 6.45) is 63.8. The summed E-state index contributed by atoms with van der Waals surface area (Å²) >= 11 is 0. The average molecular weight is 939 g/mol. The van der Waals surface area contributed by atoms with E-state index in [1.54, 1.807) is 0 Å². The lowest BCUT2D eigenvalue weighted by molar-refractivity contribution is -0.887. The van der Waals surface area contributed by atoms with Crippen molar-refractivity contribution in [3.63, 3.8) is 0 Å². The molecule has 8 nitrogen and oxygen atoms in total. The molecule has 0 aliphatic carbocycles. The van der Waals surface area contributed by atoms with E-state index in [0.717, 1.165) is 83.5 Å². The minimum atomic E-state index is -0.879. The highest BCUT2D eigenvalue weighted by molar-refractivity contribution is 5.72. The minimum absolute atomic E-state index is 0.0517. The van der Waals surface area contributed by atoms with Gasteiger partial charge in [0.25, 0.3) is 0 Å². The first-order valence-corrected chi connectivity index (χ1v) is 27.5. The number of hydrogen-bond donors (Lipinski definition) is 1. The highest BCUT2D eigenvalue weighted by atomic mass is 16.6. The Labute approximate surface area is 412 Å². The van der Waals surface area contributed by atoms with Crippen LogP contribution in [0.3, 0.4) is 0 Å². The summed E-state index contributed by atoms with van der Waals surface area (Å²) in [4.78, 5) is 37.2. The number of carboxylic acids is 1. The Kier molecular flexibility index (Phi) is 46.8. The molecule has 0 aromatic heterocycles. The Morgan fingerprint density at radius 2 is 0.836 bits per heavy atom. The van der Waals surface area contributed by atoms with Crippen LogP contribution in [0.5, 0.6) is 0 Å². The monoisotopic (exact) mass is 939 g/mol. The number of likely N-dealkylation sites (N-methyl/N-ethyl adjacent to an activating group) is 1. The smallest absolute Gasteiger partial charge is 0.362 e. The zero-order valence-electron chi connectivity index (χ0n) is 44.1. The van der Waals surface area contributed by atoms with E-state index in [1.165, 1.54) is 116 Å². The molecule has 1 N–H and O–H groups in total. The van der Waals surface area contributed by atoms with E-state index in [4.69, 9.17) is 14.2 Å². The van der Waals surface area contributed by atoms with Crippen molar-refractivity contribution < 1.29 is 38.2 Å². The van der Waals surface area contributed by atoms with Crippen molar-refractivity contribution in [2.75, 3.05) is 41.0 Å². The molecule has 67 heavy (non-hydrogen) atoms. The number of nitrogens with zero attached hydrogens (tertiary/aromatic N) is 1. The molecule has 386 valence electrons. The number of unbranched alkanes of at least 4 members (excludes halogenated alkanes) is 23. The fraction of sp³-hybridized carbons (Fsp3) is 0.746. The normalized spacial score (nSPS) is 13.4. The fourth-order valence-electron chi connectivity index (χ4n) is 7.88. The van der Waals surface area contributed by atoms with E-state index in [9.17, 15) is 19.5 Å². The molecule has 0 spiro atoms. The molecule has 8 heteroatoms. The first-order chi connectivity index (χ1) is 32.6. The minimum Gasteiger partial charge on any atom is -0.477 e. The number of ether oxygens (including phenoxy) is 3. The number of hydrogen-bond acceptors (Lipinski definition) is 6. The summed E-state index contributed by atoms with van der Waals surface area (Å²) in [5.74, 6) is -1.49. The van der Waals surface area contributed by atoms with Gasteiger partial charge in [-0.1, -0.05) is 202 Å². The highest BCUT2D eigenvalue weighted by Gasteiger charge is 2.31. The molecule has 0 radical (unpaired) electrons. The Balaban J connectivity index is 4.25. The Morgan fingerprint density at radius 1 is 0.463 bits per heavy atom. The van der Waals surface area contributed by atoms with Crippen LogP contribution in [-0.2, 0) is 28.6 Å². The van der Waals surface area contributed by atoms with Crippen LogP contribution >= 0.6 is 0 Å². The van der Waals surface area contributed by atoms with Crippen LogP contribution in [0.4, 0.5) is 0 Å². The summed E-state index contributed by atoms with van der Waals surface area (Å²) in [5, 5.41) is 9.67. The van der Waals surface area contributed by atoms with E-state index in [2.05, 4.69) is 86.8 Å². The Bertz CT molecular complexity index is 1320. The lowest BCUT2D eigenvalue weighted by atomic mass is 10.1. The average Bonchev–Trinajstić information content (AvgIpc) is 3.29. The van der Waals surface area contributed by atoms with Gasteiger partial charge in [0.05, 0.1) is 34.4 Å². The van der Waals surface area contributed by atoms with Gasteiger partial charge in [0.15, 0.2) is 12.1 Å². The van der Waals surface area contributed by atoms with Crippen LogP contribution in [-0.4, -0.2) is 80.6 Å². The number of esters is 2. The van der Waals surface area contributed by atoms with Gasteiger partial charge in [-0.25, -0.2) is 4.79 Å². The standard InChI is InChI=1S/C59H103NO7/c1-6-8-10-12-14-16-18-20-22-24-26-28-29-30-32-34-36-38-40-42-44-46-48-50-58(62)67-55(53-65-52-51-56(59(63)64)60(3,4)5)54-66-57(61)49-47-45-43-41-39-37-35-33-31-27-25-23-21-19-17-15-13-11-9-7-2/h9,11,15,17,21,23,26-28,30-32,55-56H,6-8,10,12-14,16,18-20,22,24-25,29,33-54H2,1-5H3/p+1/b11-9+,17-15+,23-21+,28-26+,31-27+,32-30+. The SMILES string of the molecule is CC/C=C/C/C=C/C/C=C/C/C=C/CCCCCCCCCC(=O)OCC(COCCC(C(=O)O)[N+](C)(C)C)OC(=O)CCCCCCCCC/C=C/C/C=C/CCCCCCCCCCC. The van der Waals surface area contributed by atoms with Crippen LogP contribution in [0.15, 0.2) is 72.9 Å². The van der Waals surface area contributed by atoms with Crippen molar-refractivity contribution in [2.45, 2.75) is 244 Å². The zero-order chi connectivity index (χ0) is 49.2. The summed E-state index contributed by atoms with van der Waals surface area (Å²) < 4.78 is 17.4. The number of allylic oxidation sites excluding steroid dienone is 12. The molecule has 0 amide bonds. The molecule has 2 unspecified atom stereocenters. The predicted octanol–water partition coefficient (Wildman–Crippen LogP) is 16.3. The first kappa shape index (κ1) is 63.8. The van der Waals surface area contributed by atoms with Crippen LogP contribution in [0, 0.1) is 0 Å². The van der Waals surface area contributed by atoms with Crippen LogP contribution in [0.1, 0.15) is 232 Å². The van der Waals surface area contributed by atoms with E-state index >= 15 is 0 Å². The van der Waals surface area contributed by atoms with Gasteiger partial charge in [-0.3, -0.25) is 9.59 Å². The molecule has 0 saturated carbocycles. The van der Waals surface area contributed by atoms with Crippen LogP contribution in [0.25, 0.3) is 0 Å². The molecule has 0 aromatic rings. The fourth-order valence-corrected chi connectivity index (χ4v) is 7.88. The molecule has 0 saturated heterocycles. The summed E-state index contributed by atoms with van der Waals surface area (Å²) in [7, 11) is 5.53. The van der Waals surface area contributed by atoms with Crippen molar-refractivity contribution in [3.05, 3.63) is 72.9 Å². The molecule has 0 fully saturated rings. The van der Waals surface area contributed by atoms with E-state index in [-0.39, 0.29) is 36.2 Å². The highest BCUT2D eigenvalue weighted by Crippen LogP contribution is 2.15. The number of carbonyl (C=O) groups is 3.